The minimum atomic E-state index is -0.350. The van der Waals surface area contributed by atoms with Crippen LogP contribution in [0.15, 0.2) is 24.3 Å². The molecule has 0 saturated heterocycles. The number of urea groups is 1. The van der Waals surface area contributed by atoms with Crippen LogP contribution < -0.4 is 16.4 Å². The molecule has 21 heavy (non-hydrogen) atoms. The highest BCUT2D eigenvalue weighted by Crippen LogP contribution is 2.09. The molecule has 7 nitrogen and oxygen atoms in total. The molecular weight excluding hydrogens is 272 g/mol. The number of methoxy groups -OCH3 is 1. The van der Waals surface area contributed by atoms with Crippen LogP contribution in [-0.4, -0.2) is 50.7 Å². The van der Waals surface area contributed by atoms with Gasteiger partial charge in [0.2, 0.25) is 5.91 Å². The van der Waals surface area contributed by atoms with Gasteiger partial charge in [0, 0.05) is 32.9 Å². The van der Waals surface area contributed by atoms with Crippen molar-refractivity contribution >= 4 is 17.6 Å². The van der Waals surface area contributed by atoms with E-state index in [9.17, 15) is 9.59 Å². The fourth-order valence-electron chi connectivity index (χ4n) is 1.58. The smallest absolute Gasteiger partial charge is 0.322 e. The molecule has 3 amide bonds. The number of rotatable bonds is 7. The number of hydrogen-bond acceptors (Lipinski definition) is 4. The molecule has 0 heterocycles. The first-order valence-corrected chi connectivity index (χ1v) is 6.63. The Morgan fingerprint density at radius 2 is 1.95 bits per heavy atom. The standard InChI is InChI=1S/C14H22N4O3/c1-18(10-13(19)16-7-8-21-2)14(20)17-12-5-3-11(9-15)4-6-12/h3-6H,7-10,15H2,1-2H3,(H,16,19)(H,17,20). The summed E-state index contributed by atoms with van der Waals surface area (Å²) in [5, 5.41) is 5.36. The van der Waals surface area contributed by atoms with E-state index in [1.165, 1.54) is 4.90 Å². The van der Waals surface area contributed by atoms with Crippen molar-refractivity contribution in [3.63, 3.8) is 0 Å². The quantitative estimate of drug-likeness (QED) is 0.633. The van der Waals surface area contributed by atoms with E-state index in [2.05, 4.69) is 10.6 Å². The summed E-state index contributed by atoms with van der Waals surface area (Å²) in [6.07, 6.45) is 0. The number of nitrogens with zero attached hydrogens (tertiary/aromatic N) is 1. The number of anilines is 1. The number of hydrogen-bond donors (Lipinski definition) is 3. The van der Waals surface area contributed by atoms with E-state index in [0.29, 0.717) is 25.4 Å². The van der Waals surface area contributed by atoms with Gasteiger partial charge in [0.1, 0.15) is 6.54 Å². The molecule has 1 rings (SSSR count). The summed E-state index contributed by atoms with van der Waals surface area (Å²) >= 11 is 0. The minimum Gasteiger partial charge on any atom is -0.383 e. The lowest BCUT2D eigenvalue weighted by Gasteiger charge is -2.17. The Morgan fingerprint density at radius 1 is 1.29 bits per heavy atom. The zero-order chi connectivity index (χ0) is 15.7. The van der Waals surface area contributed by atoms with Gasteiger partial charge in [-0.1, -0.05) is 12.1 Å². The minimum absolute atomic E-state index is 0.0174. The van der Waals surface area contributed by atoms with Gasteiger partial charge in [-0.3, -0.25) is 4.79 Å². The number of ether oxygens (including phenoxy) is 1. The van der Waals surface area contributed by atoms with E-state index in [0.717, 1.165) is 5.56 Å². The van der Waals surface area contributed by atoms with Gasteiger partial charge in [0.15, 0.2) is 0 Å². The molecule has 0 aliphatic carbocycles. The van der Waals surface area contributed by atoms with Crippen LogP contribution in [0.1, 0.15) is 5.56 Å². The van der Waals surface area contributed by atoms with Crippen LogP contribution in [0.4, 0.5) is 10.5 Å². The van der Waals surface area contributed by atoms with Crippen molar-refractivity contribution in [3.8, 4) is 0 Å². The first kappa shape index (κ1) is 16.9. The van der Waals surface area contributed by atoms with Gasteiger partial charge >= 0.3 is 6.03 Å². The van der Waals surface area contributed by atoms with Crippen LogP contribution in [0.2, 0.25) is 0 Å². The molecule has 0 saturated carbocycles. The van der Waals surface area contributed by atoms with Crippen molar-refractivity contribution in [2.24, 2.45) is 5.73 Å². The molecular formula is C14H22N4O3. The molecule has 7 heteroatoms. The van der Waals surface area contributed by atoms with Gasteiger partial charge in [-0.2, -0.15) is 0 Å². The molecule has 1 aromatic carbocycles. The fourth-order valence-corrected chi connectivity index (χ4v) is 1.58. The second-order valence-electron chi connectivity index (χ2n) is 4.53. The summed E-state index contributed by atoms with van der Waals surface area (Å²) in [5.41, 5.74) is 7.15. The molecule has 0 fully saturated rings. The van der Waals surface area contributed by atoms with Gasteiger partial charge in [-0.15, -0.1) is 0 Å². The molecule has 0 aromatic heterocycles. The van der Waals surface area contributed by atoms with E-state index in [1.54, 1.807) is 26.3 Å². The van der Waals surface area contributed by atoms with E-state index in [4.69, 9.17) is 10.5 Å². The summed E-state index contributed by atoms with van der Waals surface area (Å²) in [6.45, 7) is 1.30. The van der Waals surface area contributed by atoms with Gasteiger partial charge < -0.3 is 26.0 Å². The van der Waals surface area contributed by atoms with Crippen LogP contribution in [0.5, 0.6) is 0 Å². The van der Waals surface area contributed by atoms with Crippen LogP contribution >= 0.6 is 0 Å². The summed E-state index contributed by atoms with van der Waals surface area (Å²) in [7, 11) is 3.11. The third-order valence-electron chi connectivity index (χ3n) is 2.80. The number of nitrogens with two attached hydrogens (primary N) is 1. The van der Waals surface area contributed by atoms with Crippen molar-refractivity contribution in [1.29, 1.82) is 0 Å². The SMILES string of the molecule is COCCNC(=O)CN(C)C(=O)Nc1ccc(CN)cc1. The number of amides is 3. The Bertz CT molecular complexity index is 462. The highest BCUT2D eigenvalue weighted by Gasteiger charge is 2.12. The van der Waals surface area contributed by atoms with Crippen LogP contribution in [0, 0.1) is 0 Å². The lowest BCUT2D eigenvalue weighted by atomic mass is 10.2. The van der Waals surface area contributed by atoms with Crippen molar-refractivity contribution in [2.75, 3.05) is 39.2 Å². The first-order valence-electron chi connectivity index (χ1n) is 6.63. The number of carbonyl (C=O) groups excluding carboxylic acids is 2. The Labute approximate surface area is 124 Å². The zero-order valence-corrected chi connectivity index (χ0v) is 12.4. The van der Waals surface area contributed by atoms with Crippen molar-refractivity contribution in [3.05, 3.63) is 29.8 Å². The second-order valence-corrected chi connectivity index (χ2v) is 4.53. The maximum absolute atomic E-state index is 11.9. The molecule has 116 valence electrons. The first-order chi connectivity index (χ1) is 10.1. The molecule has 0 radical (unpaired) electrons. The molecule has 0 aliphatic rings. The maximum Gasteiger partial charge on any atom is 0.322 e. The van der Waals surface area contributed by atoms with Gasteiger partial charge in [0.05, 0.1) is 6.61 Å². The third-order valence-corrected chi connectivity index (χ3v) is 2.80. The molecule has 0 bridgehead atoms. The summed E-state index contributed by atoms with van der Waals surface area (Å²) in [6, 6.07) is 6.87. The fraction of sp³-hybridized carbons (Fsp3) is 0.429. The predicted molar refractivity (Wildman–Crippen MR) is 80.9 cm³/mol. The Morgan fingerprint density at radius 3 is 2.52 bits per heavy atom. The van der Waals surface area contributed by atoms with E-state index in [1.807, 2.05) is 12.1 Å². The Hall–Kier alpha value is -2.12. The topological polar surface area (TPSA) is 96.7 Å². The van der Waals surface area contributed by atoms with Gasteiger partial charge in [-0.05, 0) is 17.7 Å². The monoisotopic (exact) mass is 294 g/mol. The van der Waals surface area contributed by atoms with E-state index >= 15 is 0 Å². The van der Waals surface area contributed by atoms with Crippen LogP contribution in [0.3, 0.4) is 0 Å². The highest BCUT2D eigenvalue weighted by molar-refractivity contribution is 5.92. The zero-order valence-electron chi connectivity index (χ0n) is 12.4. The number of likely N-dealkylation sites (N-methyl/N-ethyl adjacent to an activating group) is 1. The largest absolute Gasteiger partial charge is 0.383 e. The van der Waals surface area contributed by atoms with Gasteiger partial charge in [0.25, 0.3) is 0 Å². The van der Waals surface area contributed by atoms with Gasteiger partial charge in [-0.25, -0.2) is 4.79 Å². The summed E-state index contributed by atoms with van der Waals surface area (Å²) in [5.74, 6) is -0.233. The van der Waals surface area contributed by atoms with Crippen molar-refractivity contribution in [1.82, 2.24) is 10.2 Å². The normalized spacial score (nSPS) is 10.0. The number of nitrogens with one attached hydrogen (secondary N) is 2. The summed E-state index contributed by atoms with van der Waals surface area (Å²) < 4.78 is 4.83. The number of benzene rings is 1. The highest BCUT2D eigenvalue weighted by atomic mass is 16.5. The van der Waals surface area contributed by atoms with E-state index in [-0.39, 0.29) is 18.5 Å². The average Bonchev–Trinajstić information content (AvgIpc) is 2.48. The summed E-state index contributed by atoms with van der Waals surface area (Å²) in [4.78, 5) is 24.8. The van der Waals surface area contributed by atoms with Crippen molar-refractivity contribution in [2.45, 2.75) is 6.54 Å². The third kappa shape index (κ3) is 6.24. The van der Waals surface area contributed by atoms with Crippen LogP contribution in [-0.2, 0) is 16.1 Å². The molecule has 4 N–H and O–H groups in total. The van der Waals surface area contributed by atoms with E-state index < -0.39 is 0 Å². The molecule has 0 atom stereocenters. The molecule has 1 aromatic rings. The van der Waals surface area contributed by atoms with Crippen molar-refractivity contribution < 1.29 is 14.3 Å². The second kappa shape index (κ2) is 8.93. The molecule has 0 unspecified atom stereocenters. The average molecular weight is 294 g/mol. The lowest BCUT2D eigenvalue weighted by molar-refractivity contribution is -0.121. The molecule has 0 spiro atoms. The predicted octanol–water partition coefficient (Wildman–Crippen LogP) is 0.372. The lowest BCUT2D eigenvalue weighted by Crippen LogP contribution is -2.41. The Kier molecular flexibility index (Phi) is 7.20. The molecule has 0 aliphatic heterocycles. The Balaban J connectivity index is 2.41. The number of carbonyl (C=O) groups is 2. The van der Waals surface area contributed by atoms with Crippen LogP contribution in [0.25, 0.3) is 0 Å². The maximum atomic E-state index is 11.9.